The first-order valence-electron chi connectivity index (χ1n) is 4.30. The van der Waals surface area contributed by atoms with Gasteiger partial charge >= 0.3 is 0 Å². The summed E-state index contributed by atoms with van der Waals surface area (Å²) in [5.41, 5.74) is 0. The normalized spacial score (nSPS) is 12.6. The molecule has 2 atom stereocenters. The van der Waals surface area contributed by atoms with E-state index in [1.807, 2.05) is 24.3 Å². The zero-order valence-corrected chi connectivity index (χ0v) is 7.77. The Hall–Kier alpha value is -2.04. The van der Waals surface area contributed by atoms with Crippen molar-refractivity contribution in [2.75, 3.05) is 0 Å². The zero-order chi connectivity index (χ0) is 10.8. The Bertz CT molecular complexity index is 320. The fourth-order valence-electron chi connectivity index (χ4n) is 1.23. The standard InChI is InChI=1S/C10H10N4/c11-5-1-2-9(3-6-12)10(8-14)4-7-13/h9-10H,1-4H2. The molecule has 0 aromatic carbocycles. The summed E-state index contributed by atoms with van der Waals surface area (Å²) in [6, 6.07) is 7.89. The molecule has 0 fully saturated rings. The third-order valence-electron chi connectivity index (χ3n) is 2.03. The van der Waals surface area contributed by atoms with Crippen molar-refractivity contribution in [3.8, 4) is 24.3 Å². The van der Waals surface area contributed by atoms with Gasteiger partial charge in [0.2, 0.25) is 0 Å². The summed E-state index contributed by atoms with van der Waals surface area (Å²) in [4.78, 5) is 0. The Morgan fingerprint density at radius 2 is 1.50 bits per heavy atom. The third-order valence-corrected chi connectivity index (χ3v) is 2.03. The van der Waals surface area contributed by atoms with Gasteiger partial charge in [-0.25, -0.2) is 0 Å². The average molecular weight is 186 g/mol. The van der Waals surface area contributed by atoms with Gasteiger partial charge in [0.25, 0.3) is 0 Å². The van der Waals surface area contributed by atoms with Crippen LogP contribution in [-0.4, -0.2) is 0 Å². The van der Waals surface area contributed by atoms with E-state index in [1.165, 1.54) is 0 Å². The number of hydrogen-bond donors (Lipinski definition) is 0. The molecule has 2 unspecified atom stereocenters. The van der Waals surface area contributed by atoms with E-state index in [0.29, 0.717) is 12.8 Å². The summed E-state index contributed by atoms with van der Waals surface area (Å²) in [7, 11) is 0. The maximum absolute atomic E-state index is 8.76. The van der Waals surface area contributed by atoms with E-state index >= 15 is 0 Å². The molecule has 0 aliphatic heterocycles. The highest BCUT2D eigenvalue weighted by Crippen LogP contribution is 2.23. The Labute approximate surface area is 83.6 Å². The minimum Gasteiger partial charge on any atom is -0.198 e. The predicted molar refractivity (Wildman–Crippen MR) is 47.9 cm³/mol. The second-order valence-electron chi connectivity index (χ2n) is 2.92. The molecule has 0 bridgehead atoms. The van der Waals surface area contributed by atoms with E-state index in [2.05, 4.69) is 0 Å². The lowest BCUT2D eigenvalue weighted by atomic mass is 9.85. The maximum atomic E-state index is 8.76. The van der Waals surface area contributed by atoms with E-state index < -0.39 is 5.92 Å². The molecule has 4 nitrogen and oxygen atoms in total. The van der Waals surface area contributed by atoms with Crippen molar-refractivity contribution >= 4 is 0 Å². The summed E-state index contributed by atoms with van der Waals surface area (Å²) in [6.45, 7) is 0. The minimum atomic E-state index is -0.423. The van der Waals surface area contributed by atoms with Gasteiger partial charge in [0.1, 0.15) is 0 Å². The van der Waals surface area contributed by atoms with Crippen molar-refractivity contribution in [2.45, 2.75) is 25.7 Å². The second kappa shape index (κ2) is 7.60. The summed E-state index contributed by atoms with van der Waals surface area (Å²) in [6.07, 6.45) is 1.22. The molecule has 0 saturated carbocycles. The fraction of sp³-hybridized carbons (Fsp3) is 0.600. The molecule has 0 aromatic heterocycles. The van der Waals surface area contributed by atoms with Gasteiger partial charge in [0, 0.05) is 12.8 Å². The molecule has 0 aliphatic carbocycles. The first kappa shape index (κ1) is 12.0. The topological polar surface area (TPSA) is 95.2 Å². The van der Waals surface area contributed by atoms with Crippen LogP contribution in [0.4, 0.5) is 0 Å². The average Bonchev–Trinajstić information content (AvgIpc) is 2.21. The smallest absolute Gasteiger partial charge is 0.0669 e. The Balaban J connectivity index is 4.33. The van der Waals surface area contributed by atoms with Crippen LogP contribution in [0, 0.1) is 57.2 Å². The van der Waals surface area contributed by atoms with Crippen molar-refractivity contribution in [3.63, 3.8) is 0 Å². The zero-order valence-electron chi connectivity index (χ0n) is 7.77. The highest BCUT2D eigenvalue weighted by atomic mass is 14.3. The lowest BCUT2D eigenvalue weighted by Gasteiger charge is -2.14. The molecule has 4 heteroatoms. The molecule has 0 amide bonds. The van der Waals surface area contributed by atoms with Gasteiger partial charge in [0.15, 0.2) is 0 Å². The van der Waals surface area contributed by atoms with E-state index in [4.69, 9.17) is 21.0 Å². The number of nitriles is 4. The maximum Gasteiger partial charge on any atom is 0.0669 e. The largest absolute Gasteiger partial charge is 0.198 e. The predicted octanol–water partition coefficient (Wildman–Crippen LogP) is 1.87. The van der Waals surface area contributed by atoms with Gasteiger partial charge < -0.3 is 0 Å². The highest BCUT2D eigenvalue weighted by molar-refractivity contribution is 4.97. The van der Waals surface area contributed by atoms with Crippen LogP contribution in [-0.2, 0) is 0 Å². The molecule has 0 heterocycles. The molecule has 0 N–H and O–H groups in total. The number of nitrogens with zero attached hydrogens (tertiary/aromatic N) is 4. The van der Waals surface area contributed by atoms with Crippen molar-refractivity contribution < 1.29 is 0 Å². The van der Waals surface area contributed by atoms with Crippen LogP contribution < -0.4 is 0 Å². The Morgan fingerprint density at radius 1 is 0.857 bits per heavy atom. The van der Waals surface area contributed by atoms with Crippen LogP contribution in [0.3, 0.4) is 0 Å². The van der Waals surface area contributed by atoms with Gasteiger partial charge in [-0.15, -0.1) is 0 Å². The molecular formula is C10H10N4. The molecule has 0 aromatic rings. The quantitative estimate of drug-likeness (QED) is 0.654. The fourth-order valence-corrected chi connectivity index (χ4v) is 1.23. The second-order valence-corrected chi connectivity index (χ2v) is 2.92. The monoisotopic (exact) mass is 186 g/mol. The lowest BCUT2D eigenvalue weighted by Crippen LogP contribution is -2.12. The van der Waals surface area contributed by atoms with Crippen LogP contribution in [0.25, 0.3) is 0 Å². The van der Waals surface area contributed by atoms with Crippen LogP contribution in [0.2, 0.25) is 0 Å². The van der Waals surface area contributed by atoms with E-state index in [1.54, 1.807) is 0 Å². The van der Waals surface area contributed by atoms with Gasteiger partial charge in [-0.1, -0.05) is 0 Å². The highest BCUT2D eigenvalue weighted by Gasteiger charge is 2.20. The molecular weight excluding hydrogens is 176 g/mol. The van der Waals surface area contributed by atoms with Crippen LogP contribution in [0.1, 0.15) is 25.7 Å². The molecule has 0 spiro atoms. The summed E-state index contributed by atoms with van der Waals surface area (Å²) in [5, 5.41) is 34.1. The lowest BCUT2D eigenvalue weighted by molar-refractivity contribution is 0.391. The van der Waals surface area contributed by atoms with Crippen LogP contribution in [0.5, 0.6) is 0 Å². The minimum absolute atomic E-state index is 0.133. The Kier molecular flexibility index (Phi) is 6.49. The van der Waals surface area contributed by atoms with Crippen molar-refractivity contribution in [1.82, 2.24) is 0 Å². The van der Waals surface area contributed by atoms with Crippen LogP contribution >= 0.6 is 0 Å². The molecule has 70 valence electrons. The van der Waals surface area contributed by atoms with Gasteiger partial charge in [0.05, 0.1) is 36.6 Å². The third kappa shape index (κ3) is 4.10. The molecule has 14 heavy (non-hydrogen) atoms. The van der Waals surface area contributed by atoms with E-state index in [9.17, 15) is 0 Å². The molecule has 0 aliphatic rings. The summed E-state index contributed by atoms with van der Waals surface area (Å²) >= 11 is 0. The van der Waals surface area contributed by atoms with Gasteiger partial charge in [-0.2, -0.15) is 21.0 Å². The molecule has 0 rings (SSSR count). The first-order chi connectivity index (χ1) is 6.79. The molecule has 0 radical (unpaired) electrons. The summed E-state index contributed by atoms with van der Waals surface area (Å²) < 4.78 is 0. The Morgan fingerprint density at radius 3 is 1.93 bits per heavy atom. The van der Waals surface area contributed by atoms with Crippen molar-refractivity contribution in [3.05, 3.63) is 0 Å². The number of rotatable bonds is 5. The van der Waals surface area contributed by atoms with Crippen LogP contribution in [0.15, 0.2) is 0 Å². The molecule has 0 saturated heterocycles. The van der Waals surface area contributed by atoms with Gasteiger partial charge in [-0.3, -0.25) is 0 Å². The van der Waals surface area contributed by atoms with E-state index in [-0.39, 0.29) is 18.8 Å². The summed E-state index contributed by atoms with van der Waals surface area (Å²) in [5.74, 6) is -0.572. The first-order valence-corrected chi connectivity index (χ1v) is 4.30. The number of hydrogen-bond acceptors (Lipinski definition) is 4. The van der Waals surface area contributed by atoms with E-state index in [0.717, 1.165) is 0 Å². The van der Waals surface area contributed by atoms with Crippen molar-refractivity contribution in [2.24, 2.45) is 11.8 Å². The van der Waals surface area contributed by atoms with Crippen molar-refractivity contribution in [1.29, 1.82) is 21.0 Å². The van der Waals surface area contributed by atoms with Gasteiger partial charge in [-0.05, 0) is 12.3 Å². The SMILES string of the molecule is N#CCCC(CC#N)C(C#N)CC#N.